The van der Waals surface area contributed by atoms with Crippen LogP contribution in [-0.4, -0.2) is 0 Å². The Hall–Kier alpha value is -2.11. The summed E-state index contributed by atoms with van der Waals surface area (Å²) in [6.07, 6.45) is -4.39. The first-order valence-electron chi connectivity index (χ1n) is 7.28. The summed E-state index contributed by atoms with van der Waals surface area (Å²) in [4.78, 5) is 0. The Bertz CT molecular complexity index is 890. The van der Waals surface area contributed by atoms with E-state index in [1.54, 1.807) is 36.4 Å². The highest BCUT2D eigenvalue weighted by Crippen LogP contribution is 2.33. The molecule has 25 heavy (non-hydrogen) atoms. The van der Waals surface area contributed by atoms with Gasteiger partial charge in [0, 0.05) is 10.6 Å². The average Bonchev–Trinajstić information content (AvgIpc) is 3.02. The topological polar surface area (TPSA) is 25.2 Å². The van der Waals surface area contributed by atoms with Crippen molar-refractivity contribution in [1.82, 2.24) is 0 Å². The molecule has 0 aliphatic carbocycles. The third kappa shape index (κ3) is 4.30. The molecular formula is C18H12Cl2F3NO. The quantitative estimate of drug-likeness (QED) is 0.529. The highest BCUT2D eigenvalue weighted by molar-refractivity contribution is 6.36. The number of rotatable bonds is 4. The molecule has 0 fully saturated rings. The molecule has 0 amide bonds. The van der Waals surface area contributed by atoms with Crippen LogP contribution >= 0.6 is 23.2 Å². The molecular weight excluding hydrogens is 374 g/mol. The lowest BCUT2D eigenvalue weighted by Gasteiger charge is -2.08. The summed E-state index contributed by atoms with van der Waals surface area (Å²) in [5.74, 6) is 0.934. The average molecular weight is 386 g/mol. The SMILES string of the molecule is FC(F)(F)c1cccc(-c2ccc(CNc3ccc(Cl)cc3Cl)o2)c1. The number of anilines is 1. The smallest absolute Gasteiger partial charge is 0.416 e. The van der Waals surface area contributed by atoms with Crippen LogP contribution in [0.5, 0.6) is 0 Å². The van der Waals surface area contributed by atoms with Crippen LogP contribution in [-0.2, 0) is 12.7 Å². The molecule has 0 bridgehead atoms. The summed E-state index contributed by atoms with van der Waals surface area (Å²) in [5.41, 5.74) is 0.336. The summed E-state index contributed by atoms with van der Waals surface area (Å²) in [5, 5.41) is 4.09. The van der Waals surface area contributed by atoms with Crippen LogP contribution in [0.2, 0.25) is 10.0 Å². The van der Waals surface area contributed by atoms with Gasteiger partial charge in [-0.3, -0.25) is 0 Å². The zero-order valence-electron chi connectivity index (χ0n) is 12.7. The van der Waals surface area contributed by atoms with Crippen LogP contribution in [0, 0.1) is 0 Å². The fraction of sp³-hybridized carbons (Fsp3) is 0.111. The van der Waals surface area contributed by atoms with Gasteiger partial charge in [-0.25, -0.2) is 0 Å². The van der Waals surface area contributed by atoms with E-state index in [0.717, 1.165) is 12.1 Å². The molecule has 3 rings (SSSR count). The van der Waals surface area contributed by atoms with Gasteiger partial charge in [0.15, 0.2) is 0 Å². The maximum atomic E-state index is 12.8. The minimum absolute atomic E-state index is 0.334. The molecule has 3 aromatic rings. The van der Waals surface area contributed by atoms with E-state index in [9.17, 15) is 13.2 Å². The van der Waals surface area contributed by atoms with E-state index >= 15 is 0 Å². The lowest BCUT2D eigenvalue weighted by Crippen LogP contribution is -2.04. The minimum Gasteiger partial charge on any atom is -0.459 e. The third-order valence-corrected chi connectivity index (χ3v) is 4.07. The Morgan fingerprint density at radius 2 is 1.76 bits per heavy atom. The maximum absolute atomic E-state index is 12.8. The first kappa shape index (κ1) is 17.7. The normalized spacial score (nSPS) is 11.6. The van der Waals surface area contributed by atoms with E-state index in [1.807, 2.05) is 0 Å². The van der Waals surface area contributed by atoms with E-state index in [2.05, 4.69) is 5.32 Å². The van der Waals surface area contributed by atoms with Gasteiger partial charge < -0.3 is 9.73 Å². The Balaban J connectivity index is 1.74. The fourth-order valence-corrected chi connectivity index (χ4v) is 2.77. The summed E-state index contributed by atoms with van der Waals surface area (Å²) < 4.78 is 44.0. The van der Waals surface area contributed by atoms with Gasteiger partial charge in [0.05, 0.1) is 22.8 Å². The number of alkyl halides is 3. The van der Waals surface area contributed by atoms with E-state index in [1.165, 1.54) is 6.07 Å². The van der Waals surface area contributed by atoms with Gasteiger partial charge >= 0.3 is 6.18 Å². The standard InChI is InChI=1S/C18H12Cl2F3NO/c19-13-4-6-16(15(20)9-13)24-10-14-5-7-17(25-14)11-2-1-3-12(8-11)18(21,22)23/h1-9,24H,10H2. The fourth-order valence-electron chi connectivity index (χ4n) is 2.29. The predicted molar refractivity (Wildman–Crippen MR) is 92.9 cm³/mol. The first-order valence-corrected chi connectivity index (χ1v) is 8.04. The molecule has 0 saturated heterocycles. The van der Waals surface area contributed by atoms with Gasteiger partial charge in [-0.2, -0.15) is 13.2 Å². The lowest BCUT2D eigenvalue weighted by atomic mass is 10.1. The Morgan fingerprint density at radius 1 is 0.960 bits per heavy atom. The molecule has 7 heteroatoms. The highest BCUT2D eigenvalue weighted by atomic mass is 35.5. The lowest BCUT2D eigenvalue weighted by molar-refractivity contribution is -0.137. The van der Waals surface area contributed by atoms with Crippen molar-refractivity contribution in [3.05, 3.63) is 76.0 Å². The molecule has 2 aromatic carbocycles. The van der Waals surface area contributed by atoms with Crippen molar-refractivity contribution in [1.29, 1.82) is 0 Å². The Labute approximate surface area is 152 Å². The molecule has 0 atom stereocenters. The number of hydrogen-bond acceptors (Lipinski definition) is 2. The van der Waals surface area contributed by atoms with Crippen molar-refractivity contribution >= 4 is 28.9 Å². The molecule has 0 radical (unpaired) electrons. The van der Waals surface area contributed by atoms with Gasteiger partial charge in [0.2, 0.25) is 0 Å². The van der Waals surface area contributed by atoms with Crippen molar-refractivity contribution in [3.63, 3.8) is 0 Å². The summed E-state index contributed by atoms with van der Waals surface area (Å²) >= 11 is 11.9. The second kappa shape index (κ2) is 7.02. The van der Waals surface area contributed by atoms with Gasteiger partial charge in [-0.05, 0) is 42.5 Å². The molecule has 0 saturated carbocycles. The highest BCUT2D eigenvalue weighted by Gasteiger charge is 2.30. The van der Waals surface area contributed by atoms with Crippen LogP contribution in [0.15, 0.2) is 59.0 Å². The van der Waals surface area contributed by atoms with E-state index in [-0.39, 0.29) is 0 Å². The number of nitrogens with one attached hydrogen (secondary N) is 1. The van der Waals surface area contributed by atoms with Gasteiger partial charge in [0.1, 0.15) is 11.5 Å². The largest absolute Gasteiger partial charge is 0.459 e. The molecule has 130 valence electrons. The second-order valence-corrected chi connectivity index (χ2v) is 6.17. The monoisotopic (exact) mass is 385 g/mol. The Morgan fingerprint density at radius 3 is 2.48 bits per heavy atom. The summed E-state index contributed by atoms with van der Waals surface area (Å²) in [6.45, 7) is 0.334. The summed E-state index contributed by atoms with van der Waals surface area (Å²) in [6, 6.07) is 13.4. The first-order chi connectivity index (χ1) is 11.8. The van der Waals surface area contributed by atoms with Crippen LogP contribution in [0.1, 0.15) is 11.3 Å². The van der Waals surface area contributed by atoms with Crippen molar-refractivity contribution in [2.24, 2.45) is 0 Å². The van der Waals surface area contributed by atoms with Crippen LogP contribution in [0.25, 0.3) is 11.3 Å². The molecule has 1 aromatic heterocycles. The number of halogens is 5. The van der Waals surface area contributed by atoms with Crippen molar-refractivity contribution in [2.45, 2.75) is 12.7 Å². The number of hydrogen-bond donors (Lipinski definition) is 1. The second-order valence-electron chi connectivity index (χ2n) is 5.32. The zero-order valence-corrected chi connectivity index (χ0v) is 14.2. The molecule has 1 N–H and O–H groups in total. The van der Waals surface area contributed by atoms with Crippen LogP contribution < -0.4 is 5.32 Å². The van der Waals surface area contributed by atoms with E-state index < -0.39 is 11.7 Å². The molecule has 0 aliphatic heterocycles. The third-order valence-electron chi connectivity index (χ3n) is 3.52. The molecule has 0 aliphatic rings. The zero-order chi connectivity index (χ0) is 18.0. The molecule has 0 unspecified atom stereocenters. The molecule has 2 nitrogen and oxygen atoms in total. The molecule has 1 heterocycles. The molecule has 0 spiro atoms. The predicted octanol–water partition coefficient (Wildman–Crippen LogP) is 6.88. The number of benzene rings is 2. The maximum Gasteiger partial charge on any atom is 0.416 e. The minimum atomic E-state index is -4.39. The van der Waals surface area contributed by atoms with Crippen LogP contribution in [0.4, 0.5) is 18.9 Å². The van der Waals surface area contributed by atoms with E-state index in [0.29, 0.717) is 39.4 Å². The van der Waals surface area contributed by atoms with Gasteiger partial charge in [0.25, 0.3) is 0 Å². The Kier molecular flexibility index (Phi) is 4.97. The van der Waals surface area contributed by atoms with E-state index in [4.69, 9.17) is 27.6 Å². The number of furan rings is 1. The van der Waals surface area contributed by atoms with Crippen molar-refractivity contribution in [2.75, 3.05) is 5.32 Å². The summed E-state index contributed by atoms with van der Waals surface area (Å²) in [7, 11) is 0. The van der Waals surface area contributed by atoms with Gasteiger partial charge in [-0.1, -0.05) is 35.3 Å². The van der Waals surface area contributed by atoms with Crippen molar-refractivity contribution in [3.8, 4) is 11.3 Å². The van der Waals surface area contributed by atoms with Crippen molar-refractivity contribution < 1.29 is 17.6 Å². The van der Waals surface area contributed by atoms with Crippen LogP contribution in [0.3, 0.4) is 0 Å². The van der Waals surface area contributed by atoms with Gasteiger partial charge in [-0.15, -0.1) is 0 Å².